The van der Waals surface area contributed by atoms with E-state index in [1.807, 2.05) is 44.2 Å². The van der Waals surface area contributed by atoms with Crippen molar-refractivity contribution in [2.75, 3.05) is 17.8 Å². The fourth-order valence-electron chi connectivity index (χ4n) is 4.53. The first-order valence-electron chi connectivity index (χ1n) is 13.4. The molecule has 1 N–H and O–H groups in total. The molecular weight excluding hydrogens is 597 g/mol. The molecule has 1 aromatic heterocycles. The molecule has 44 heavy (non-hydrogen) atoms. The first kappa shape index (κ1) is 30.6. The van der Waals surface area contributed by atoms with Crippen molar-refractivity contribution in [1.82, 2.24) is 20.1 Å². The third kappa shape index (κ3) is 7.37. The van der Waals surface area contributed by atoms with Gasteiger partial charge in [-0.2, -0.15) is 4.99 Å². The number of benzene rings is 3. The van der Waals surface area contributed by atoms with Gasteiger partial charge in [0.15, 0.2) is 11.0 Å². The number of aromatic nitrogens is 3. The summed E-state index contributed by atoms with van der Waals surface area (Å²) in [7, 11) is 1.57. The van der Waals surface area contributed by atoms with Gasteiger partial charge in [0.2, 0.25) is 5.91 Å². The molecule has 0 aliphatic carbocycles. The molecule has 10 nitrogen and oxygen atoms in total. The number of alkyl halides is 3. The van der Waals surface area contributed by atoms with Gasteiger partial charge >= 0.3 is 12.4 Å². The highest BCUT2D eigenvalue weighted by Gasteiger charge is 2.32. The van der Waals surface area contributed by atoms with Crippen molar-refractivity contribution >= 4 is 34.6 Å². The first-order chi connectivity index (χ1) is 21.0. The SMILES string of the molecule is COc1ccc(N2C(=O)CS/C2=N\C(=O)NC(C)Cc2ccc(-c3ncn(-c4ccc(OC(F)(F)F)cc4)n3)cc2)c(C)c1. The van der Waals surface area contributed by atoms with Gasteiger partial charge in [0, 0.05) is 11.6 Å². The Morgan fingerprint density at radius 2 is 1.80 bits per heavy atom. The fraction of sp³-hybridized carbons (Fsp3) is 0.233. The predicted octanol–water partition coefficient (Wildman–Crippen LogP) is 5.93. The number of carbonyl (C=O) groups excluding carboxylic acids is 2. The summed E-state index contributed by atoms with van der Waals surface area (Å²) in [5.74, 6) is 0.811. The van der Waals surface area contributed by atoms with Gasteiger partial charge in [0.1, 0.15) is 17.8 Å². The zero-order valence-corrected chi connectivity index (χ0v) is 24.6. The highest BCUT2D eigenvalue weighted by Crippen LogP contribution is 2.31. The zero-order valence-electron chi connectivity index (χ0n) is 23.8. The first-order valence-corrected chi connectivity index (χ1v) is 14.3. The van der Waals surface area contributed by atoms with Crippen molar-refractivity contribution in [1.29, 1.82) is 0 Å². The molecule has 1 atom stereocenters. The topological polar surface area (TPSA) is 111 Å². The zero-order chi connectivity index (χ0) is 31.4. The lowest BCUT2D eigenvalue weighted by molar-refractivity contribution is -0.274. The molecule has 3 amide bonds. The number of rotatable bonds is 8. The van der Waals surface area contributed by atoms with Crippen molar-refractivity contribution < 1.29 is 32.2 Å². The minimum atomic E-state index is -4.76. The number of hydrogen-bond donors (Lipinski definition) is 1. The number of anilines is 1. The number of nitrogens with zero attached hydrogens (tertiary/aromatic N) is 5. The maximum atomic E-state index is 12.8. The number of nitrogens with one attached hydrogen (secondary N) is 1. The summed E-state index contributed by atoms with van der Waals surface area (Å²) in [6.07, 6.45) is -2.77. The van der Waals surface area contributed by atoms with Crippen LogP contribution in [-0.4, -0.2) is 57.1 Å². The second-order valence-corrected chi connectivity index (χ2v) is 10.8. The second-order valence-electron chi connectivity index (χ2n) is 9.87. The number of thioether (sulfide) groups is 1. The maximum Gasteiger partial charge on any atom is 0.573 e. The van der Waals surface area contributed by atoms with Crippen LogP contribution in [0.2, 0.25) is 0 Å². The van der Waals surface area contributed by atoms with Gasteiger partial charge in [-0.1, -0.05) is 36.0 Å². The summed E-state index contributed by atoms with van der Waals surface area (Å²) < 4.78 is 47.8. The van der Waals surface area contributed by atoms with Crippen molar-refractivity contribution in [3.05, 3.63) is 84.2 Å². The third-order valence-corrected chi connectivity index (χ3v) is 7.48. The molecule has 1 aliphatic rings. The summed E-state index contributed by atoms with van der Waals surface area (Å²) in [5, 5.41) is 7.59. The van der Waals surface area contributed by atoms with Crippen LogP contribution in [0.5, 0.6) is 11.5 Å². The number of carbonyl (C=O) groups is 2. The molecule has 2 heterocycles. The molecule has 228 valence electrons. The van der Waals surface area contributed by atoms with E-state index in [4.69, 9.17) is 4.74 Å². The molecule has 4 aromatic rings. The smallest absolute Gasteiger partial charge is 0.497 e. The number of aryl methyl sites for hydroxylation is 1. The molecule has 0 bridgehead atoms. The summed E-state index contributed by atoms with van der Waals surface area (Å²) in [4.78, 5) is 35.3. The Labute approximate surface area is 254 Å². The molecular formula is C30H27F3N6O4S. The number of methoxy groups -OCH3 is 1. The molecule has 1 aliphatic heterocycles. The second kappa shape index (κ2) is 12.8. The molecule has 14 heteroatoms. The molecule has 3 aromatic carbocycles. The molecule has 0 radical (unpaired) electrons. The van der Waals surface area contributed by atoms with Crippen molar-refractivity contribution in [2.45, 2.75) is 32.7 Å². The van der Waals surface area contributed by atoms with Gasteiger partial charge in [0.05, 0.1) is 24.2 Å². The lowest BCUT2D eigenvalue weighted by atomic mass is 10.1. The molecule has 1 saturated heterocycles. The van der Waals surface area contributed by atoms with E-state index in [1.165, 1.54) is 51.9 Å². The highest BCUT2D eigenvalue weighted by molar-refractivity contribution is 8.15. The summed E-state index contributed by atoms with van der Waals surface area (Å²) in [6.45, 7) is 3.72. The average Bonchev–Trinajstić information content (AvgIpc) is 3.60. The van der Waals surface area contributed by atoms with E-state index >= 15 is 0 Å². The predicted molar refractivity (Wildman–Crippen MR) is 160 cm³/mol. The lowest BCUT2D eigenvalue weighted by Gasteiger charge is -2.19. The molecule has 5 rings (SSSR count). The Bertz CT molecular complexity index is 1690. The minimum absolute atomic E-state index is 0.157. The molecule has 0 spiro atoms. The number of hydrogen-bond acceptors (Lipinski definition) is 7. The Balaban J connectivity index is 1.19. The number of aliphatic imine (C=N–C) groups is 1. The van der Waals surface area contributed by atoms with E-state index in [9.17, 15) is 22.8 Å². The van der Waals surface area contributed by atoms with E-state index < -0.39 is 12.4 Å². The summed E-state index contributed by atoms with van der Waals surface area (Å²) >= 11 is 1.21. The van der Waals surface area contributed by atoms with Gasteiger partial charge in [-0.25, -0.2) is 14.5 Å². The van der Waals surface area contributed by atoms with Gasteiger partial charge < -0.3 is 14.8 Å². The third-order valence-electron chi connectivity index (χ3n) is 6.56. The van der Waals surface area contributed by atoms with Crippen LogP contribution in [0.3, 0.4) is 0 Å². The van der Waals surface area contributed by atoms with Gasteiger partial charge in [-0.3, -0.25) is 9.69 Å². The number of amides is 3. The van der Waals surface area contributed by atoms with Crippen LogP contribution in [0, 0.1) is 6.92 Å². The van der Waals surface area contributed by atoms with Crippen LogP contribution in [0.4, 0.5) is 23.7 Å². The molecule has 1 fully saturated rings. The van der Waals surface area contributed by atoms with Gasteiger partial charge in [-0.05, 0) is 73.9 Å². The average molecular weight is 625 g/mol. The van der Waals surface area contributed by atoms with Crippen LogP contribution < -0.4 is 19.7 Å². The standard InChI is InChI=1S/C30H27F3N6O4S/c1-18-14-24(42-3)12-13-25(18)39-26(40)16-44-29(39)36-28(41)35-19(2)15-20-4-6-21(7-5-20)27-34-17-38(37-27)22-8-10-23(11-9-22)43-30(31,32)33/h4-14,17,19H,15-16H2,1-3H3,(H,35,41)/b36-29-. The Morgan fingerprint density at radius 1 is 1.09 bits per heavy atom. The van der Waals surface area contributed by atoms with Crippen molar-refractivity contribution in [2.24, 2.45) is 4.99 Å². The van der Waals surface area contributed by atoms with Gasteiger partial charge in [0.25, 0.3) is 0 Å². The van der Waals surface area contributed by atoms with Crippen LogP contribution in [0.15, 0.2) is 78.0 Å². The number of amidine groups is 1. The Morgan fingerprint density at radius 3 is 2.45 bits per heavy atom. The summed E-state index contributed by atoms with van der Waals surface area (Å²) in [5.41, 5.74) is 3.68. The fourth-order valence-corrected chi connectivity index (χ4v) is 5.39. The van der Waals surface area contributed by atoms with Crippen LogP contribution >= 0.6 is 11.8 Å². The van der Waals surface area contributed by atoms with E-state index in [0.29, 0.717) is 34.5 Å². The van der Waals surface area contributed by atoms with E-state index in [0.717, 1.165) is 16.7 Å². The Hall–Kier alpha value is -4.85. The van der Waals surface area contributed by atoms with Crippen LogP contribution in [0.1, 0.15) is 18.1 Å². The molecule has 1 unspecified atom stereocenters. The number of ether oxygens (including phenoxy) is 2. The van der Waals surface area contributed by atoms with Crippen LogP contribution in [0.25, 0.3) is 17.1 Å². The summed E-state index contributed by atoms with van der Waals surface area (Å²) in [6, 6.07) is 17.3. The highest BCUT2D eigenvalue weighted by atomic mass is 32.2. The Kier molecular flexibility index (Phi) is 8.90. The van der Waals surface area contributed by atoms with E-state index in [-0.39, 0.29) is 23.5 Å². The number of halogens is 3. The number of urea groups is 1. The normalized spacial score (nSPS) is 15.0. The lowest BCUT2D eigenvalue weighted by Crippen LogP contribution is -2.35. The minimum Gasteiger partial charge on any atom is -0.497 e. The maximum absolute atomic E-state index is 12.8. The largest absolute Gasteiger partial charge is 0.573 e. The van der Waals surface area contributed by atoms with E-state index in [2.05, 4.69) is 25.1 Å². The van der Waals surface area contributed by atoms with E-state index in [1.54, 1.807) is 19.2 Å². The molecule has 0 saturated carbocycles. The quantitative estimate of drug-likeness (QED) is 0.259. The monoisotopic (exact) mass is 624 g/mol. The van der Waals surface area contributed by atoms with Crippen LogP contribution in [-0.2, 0) is 11.2 Å². The van der Waals surface area contributed by atoms with Crippen molar-refractivity contribution in [3.63, 3.8) is 0 Å². The van der Waals surface area contributed by atoms with Gasteiger partial charge in [-0.15, -0.1) is 18.3 Å². The van der Waals surface area contributed by atoms with Crippen molar-refractivity contribution in [3.8, 4) is 28.6 Å².